The van der Waals surface area contributed by atoms with Gasteiger partial charge in [0, 0.05) is 11.1 Å². The summed E-state index contributed by atoms with van der Waals surface area (Å²) in [5.41, 5.74) is 2.90. The first-order chi connectivity index (χ1) is 10.3. The molecule has 0 fully saturated rings. The van der Waals surface area contributed by atoms with E-state index < -0.39 is 0 Å². The van der Waals surface area contributed by atoms with E-state index in [9.17, 15) is 5.26 Å². The third kappa shape index (κ3) is 2.88. The van der Waals surface area contributed by atoms with Gasteiger partial charge in [-0.05, 0) is 25.1 Å². The van der Waals surface area contributed by atoms with Gasteiger partial charge in [0.25, 0.3) is 0 Å². The van der Waals surface area contributed by atoms with Gasteiger partial charge >= 0.3 is 0 Å². The van der Waals surface area contributed by atoms with Crippen LogP contribution in [-0.4, -0.2) is 20.0 Å². The fourth-order valence-electron chi connectivity index (χ4n) is 1.79. The summed E-state index contributed by atoms with van der Waals surface area (Å²) < 4.78 is 0. The van der Waals surface area contributed by atoms with Crippen molar-refractivity contribution in [2.24, 2.45) is 0 Å². The molecular weight excluding hydrogens is 282 g/mol. The number of para-hydroxylation sites is 1. The molecule has 0 spiro atoms. The molecule has 3 rings (SSSR count). The van der Waals surface area contributed by atoms with Crippen LogP contribution in [0.15, 0.2) is 41.9 Å². The monoisotopic (exact) mass is 293 g/mol. The fraction of sp³-hybridized carbons (Fsp3) is 0.0667. The Hall–Kier alpha value is -2.78. The number of aromatic nitrogens is 4. The Labute approximate surface area is 125 Å². The first-order valence-corrected chi connectivity index (χ1v) is 7.16. The summed E-state index contributed by atoms with van der Waals surface area (Å²) in [7, 11) is 0. The van der Waals surface area contributed by atoms with E-state index in [0.717, 1.165) is 11.4 Å². The number of hydrogen-bond donors (Lipinski definition) is 0. The zero-order valence-electron chi connectivity index (χ0n) is 11.3. The first kappa shape index (κ1) is 13.2. The summed E-state index contributed by atoms with van der Waals surface area (Å²) >= 11 is 1.45. The largest absolute Gasteiger partial charge is 0.241 e. The molecule has 21 heavy (non-hydrogen) atoms. The smallest absolute Gasteiger partial charge is 0.134 e. The van der Waals surface area contributed by atoms with Gasteiger partial charge in [0.2, 0.25) is 0 Å². The van der Waals surface area contributed by atoms with Gasteiger partial charge in [-0.2, -0.15) is 15.2 Å². The molecule has 0 aliphatic heterocycles. The topological polar surface area (TPSA) is 67.4 Å². The molecule has 0 radical (unpaired) electrons. The van der Waals surface area contributed by atoms with E-state index in [4.69, 9.17) is 0 Å². The van der Waals surface area contributed by atoms with Crippen molar-refractivity contribution in [2.45, 2.75) is 6.92 Å². The summed E-state index contributed by atoms with van der Waals surface area (Å²) in [6.45, 7) is 1.90. The number of nitriles is 1. The molecule has 3 aromatic rings. The molecule has 5 nitrogen and oxygen atoms in total. The lowest BCUT2D eigenvalue weighted by atomic mass is 10.2. The molecule has 0 bridgehead atoms. The minimum absolute atomic E-state index is 0.494. The summed E-state index contributed by atoms with van der Waals surface area (Å²) in [4.78, 5) is 5.85. The molecule has 0 saturated carbocycles. The van der Waals surface area contributed by atoms with Crippen molar-refractivity contribution in [3.63, 3.8) is 0 Å². The zero-order chi connectivity index (χ0) is 14.7. The Kier molecular flexibility index (Phi) is 3.58. The summed E-state index contributed by atoms with van der Waals surface area (Å²) in [5.74, 6) is 0. The van der Waals surface area contributed by atoms with Crippen LogP contribution in [0, 0.1) is 18.3 Å². The lowest BCUT2D eigenvalue weighted by Gasteiger charge is -1.96. The fourth-order valence-corrected chi connectivity index (χ4v) is 2.56. The third-order valence-corrected chi connectivity index (χ3v) is 3.75. The highest BCUT2D eigenvalue weighted by Crippen LogP contribution is 2.20. The normalized spacial score (nSPS) is 11.3. The number of rotatable bonds is 3. The van der Waals surface area contributed by atoms with Crippen LogP contribution in [0.4, 0.5) is 0 Å². The second kappa shape index (κ2) is 5.69. The first-order valence-electron chi connectivity index (χ1n) is 6.28. The van der Waals surface area contributed by atoms with Crippen molar-refractivity contribution < 1.29 is 0 Å². The molecule has 2 aromatic heterocycles. The number of hydrogen-bond acceptors (Lipinski definition) is 5. The Balaban J connectivity index is 1.93. The molecule has 2 heterocycles. The second-order valence-corrected chi connectivity index (χ2v) is 5.22. The van der Waals surface area contributed by atoms with Crippen LogP contribution in [0.2, 0.25) is 0 Å². The van der Waals surface area contributed by atoms with E-state index in [-0.39, 0.29) is 0 Å². The van der Waals surface area contributed by atoms with Gasteiger partial charge in [0.15, 0.2) is 0 Å². The van der Waals surface area contributed by atoms with Gasteiger partial charge in [-0.15, -0.1) is 16.4 Å². The Bertz CT molecular complexity index is 823. The van der Waals surface area contributed by atoms with Crippen molar-refractivity contribution in [1.82, 2.24) is 20.0 Å². The highest BCUT2D eigenvalue weighted by molar-refractivity contribution is 7.11. The Morgan fingerprint density at radius 2 is 2.14 bits per heavy atom. The molecule has 0 aliphatic rings. The summed E-state index contributed by atoms with van der Waals surface area (Å²) in [6.07, 6.45) is 3.33. The third-order valence-electron chi connectivity index (χ3n) is 2.76. The number of nitrogens with zero attached hydrogens (tertiary/aromatic N) is 5. The predicted octanol–water partition coefficient (Wildman–Crippen LogP) is 3.10. The molecule has 0 atom stereocenters. The maximum atomic E-state index is 9.27. The van der Waals surface area contributed by atoms with Crippen molar-refractivity contribution >= 4 is 23.0 Å². The molecule has 0 aliphatic carbocycles. The van der Waals surface area contributed by atoms with Crippen LogP contribution in [0.3, 0.4) is 0 Å². The van der Waals surface area contributed by atoms with E-state index in [1.165, 1.54) is 16.1 Å². The van der Waals surface area contributed by atoms with Gasteiger partial charge in [-0.1, -0.05) is 18.2 Å². The molecule has 0 amide bonds. The molecule has 1 aromatic carbocycles. The lowest BCUT2D eigenvalue weighted by molar-refractivity contribution is 0.750. The second-order valence-electron chi connectivity index (χ2n) is 4.36. The molecular formula is C15H11N5S. The van der Waals surface area contributed by atoms with Crippen LogP contribution < -0.4 is 0 Å². The quantitative estimate of drug-likeness (QED) is 0.696. The van der Waals surface area contributed by atoms with Gasteiger partial charge in [0.05, 0.1) is 17.5 Å². The highest BCUT2D eigenvalue weighted by Gasteiger charge is 2.07. The lowest BCUT2D eigenvalue weighted by Crippen LogP contribution is -1.97. The predicted molar refractivity (Wildman–Crippen MR) is 81.7 cm³/mol. The number of benzene rings is 1. The zero-order valence-corrected chi connectivity index (χ0v) is 12.1. The van der Waals surface area contributed by atoms with E-state index in [1.54, 1.807) is 12.3 Å². The maximum absolute atomic E-state index is 9.27. The van der Waals surface area contributed by atoms with Crippen LogP contribution in [0.25, 0.3) is 17.3 Å². The van der Waals surface area contributed by atoms with Crippen LogP contribution in [0.5, 0.6) is 0 Å². The van der Waals surface area contributed by atoms with Crippen molar-refractivity contribution in [3.05, 3.63) is 58.3 Å². The van der Waals surface area contributed by atoms with Gasteiger partial charge in [-0.25, -0.2) is 4.98 Å². The van der Waals surface area contributed by atoms with Crippen LogP contribution in [0.1, 0.15) is 16.4 Å². The molecule has 6 heteroatoms. The average Bonchev–Trinajstić information content (AvgIpc) is 3.15. The molecule has 102 valence electrons. The van der Waals surface area contributed by atoms with Gasteiger partial charge in [-0.3, -0.25) is 0 Å². The van der Waals surface area contributed by atoms with E-state index in [2.05, 4.69) is 21.3 Å². The summed E-state index contributed by atoms with van der Waals surface area (Å²) in [5, 5.41) is 20.4. The number of thiazole rings is 1. The standard InChI is InChI=1S/C15H11N5S/c1-11-10-21-15(18-11)12(8-16)7-13-9-17-20(19-13)14-5-3-2-4-6-14/h2-7,9-10H,1H3/b12-7-. The molecule has 0 unspecified atom stereocenters. The maximum Gasteiger partial charge on any atom is 0.134 e. The van der Waals surface area contributed by atoms with Gasteiger partial charge in [0.1, 0.15) is 16.8 Å². The minimum atomic E-state index is 0.494. The van der Waals surface area contributed by atoms with Crippen molar-refractivity contribution in [3.8, 4) is 11.8 Å². The highest BCUT2D eigenvalue weighted by atomic mass is 32.1. The molecule has 0 saturated heterocycles. The SMILES string of the molecule is Cc1csc(/C(C#N)=C\c2cnn(-c3ccccc3)n2)n1. The number of aryl methyl sites for hydroxylation is 1. The number of allylic oxidation sites excluding steroid dienone is 1. The average molecular weight is 293 g/mol. The van der Waals surface area contributed by atoms with E-state index in [0.29, 0.717) is 16.3 Å². The van der Waals surface area contributed by atoms with E-state index in [1.807, 2.05) is 42.6 Å². The van der Waals surface area contributed by atoms with Crippen LogP contribution >= 0.6 is 11.3 Å². The van der Waals surface area contributed by atoms with Crippen LogP contribution in [-0.2, 0) is 0 Å². The van der Waals surface area contributed by atoms with Crippen molar-refractivity contribution in [2.75, 3.05) is 0 Å². The minimum Gasteiger partial charge on any atom is -0.241 e. The molecule has 0 N–H and O–H groups in total. The van der Waals surface area contributed by atoms with Crippen molar-refractivity contribution in [1.29, 1.82) is 5.26 Å². The van der Waals surface area contributed by atoms with Gasteiger partial charge < -0.3 is 0 Å². The Morgan fingerprint density at radius 1 is 1.33 bits per heavy atom. The van der Waals surface area contributed by atoms with E-state index >= 15 is 0 Å². The summed E-state index contributed by atoms with van der Waals surface area (Å²) in [6, 6.07) is 11.8. The Morgan fingerprint density at radius 3 is 2.81 bits per heavy atom.